The van der Waals surface area contributed by atoms with Crippen LogP contribution in [0.4, 0.5) is 0 Å². The number of carbonyl (C=O) groups is 1. The highest BCUT2D eigenvalue weighted by molar-refractivity contribution is 7.56. The highest BCUT2D eigenvalue weighted by atomic mass is 31.2. The SMILES string of the molecule is CCCC12C(=O)C(P(=O)(OC)OC)C1C1c3ccccc3C2c2ccccc21. The van der Waals surface area contributed by atoms with Crippen LogP contribution in [-0.4, -0.2) is 25.7 Å². The van der Waals surface area contributed by atoms with Crippen molar-refractivity contribution in [2.45, 2.75) is 37.3 Å². The zero-order valence-electron chi connectivity index (χ0n) is 16.4. The summed E-state index contributed by atoms with van der Waals surface area (Å²) in [5.74, 6) is 0.0666. The van der Waals surface area contributed by atoms with Crippen molar-refractivity contribution in [3.63, 3.8) is 0 Å². The normalized spacial score (nSPS) is 32.3. The first-order chi connectivity index (χ1) is 13.5. The van der Waals surface area contributed by atoms with Crippen LogP contribution in [0.15, 0.2) is 48.5 Å². The molecule has 6 rings (SSSR count). The van der Waals surface area contributed by atoms with Gasteiger partial charge in [-0.05, 0) is 28.7 Å². The minimum atomic E-state index is -3.50. The van der Waals surface area contributed by atoms with Crippen LogP contribution in [0.1, 0.15) is 53.9 Å². The van der Waals surface area contributed by atoms with Crippen molar-refractivity contribution < 1.29 is 18.4 Å². The first kappa shape index (κ1) is 18.3. The number of hydrogen-bond acceptors (Lipinski definition) is 4. The molecular formula is C23H25O4P. The third kappa shape index (κ3) is 1.94. The van der Waals surface area contributed by atoms with Crippen molar-refractivity contribution in [3.8, 4) is 0 Å². The van der Waals surface area contributed by atoms with Gasteiger partial charge in [-0.25, -0.2) is 0 Å². The minimum absolute atomic E-state index is 0.0146. The summed E-state index contributed by atoms with van der Waals surface area (Å²) in [7, 11) is -0.722. The summed E-state index contributed by atoms with van der Waals surface area (Å²) in [6.07, 6.45) is 1.71. The molecule has 4 aliphatic carbocycles. The van der Waals surface area contributed by atoms with Gasteiger partial charge in [0.2, 0.25) is 0 Å². The average Bonchev–Trinajstić information content (AvgIpc) is 2.74. The first-order valence-corrected chi connectivity index (χ1v) is 11.6. The fourth-order valence-corrected chi connectivity index (χ4v) is 8.45. The summed E-state index contributed by atoms with van der Waals surface area (Å²) < 4.78 is 24.0. The van der Waals surface area contributed by atoms with E-state index in [1.165, 1.54) is 36.5 Å². The van der Waals surface area contributed by atoms with E-state index in [2.05, 4.69) is 55.5 Å². The Kier molecular flexibility index (Phi) is 4.00. The summed E-state index contributed by atoms with van der Waals surface area (Å²) >= 11 is 0. The zero-order valence-corrected chi connectivity index (χ0v) is 17.3. The van der Waals surface area contributed by atoms with E-state index in [1.54, 1.807) is 0 Å². The molecule has 3 unspecified atom stereocenters. The molecule has 0 radical (unpaired) electrons. The second kappa shape index (κ2) is 6.13. The van der Waals surface area contributed by atoms with Gasteiger partial charge in [-0.15, -0.1) is 0 Å². The van der Waals surface area contributed by atoms with Gasteiger partial charge in [0, 0.05) is 37.4 Å². The maximum Gasteiger partial charge on any atom is 0.340 e. The number of benzene rings is 2. The maximum absolute atomic E-state index is 13.7. The summed E-state index contributed by atoms with van der Waals surface area (Å²) in [6.45, 7) is 2.12. The fraction of sp³-hybridized carbons (Fsp3) is 0.435. The van der Waals surface area contributed by atoms with Gasteiger partial charge in [0.15, 0.2) is 5.78 Å². The molecule has 28 heavy (non-hydrogen) atoms. The van der Waals surface area contributed by atoms with Crippen LogP contribution in [0.25, 0.3) is 0 Å². The van der Waals surface area contributed by atoms with Crippen molar-refractivity contribution in [3.05, 3.63) is 70.8 Å². The number of rotatable bonds is 5. The molecule has 2 aromatic rings. The molecule has 0 N–H and O–H groups in total. The maximum atomic E-state index is 13.7. The van der Waals surface area contributed by atoms with Gasteiger partial charge in [0.1, 0.15) is 5.66 Å². The van der Waals surface area contributed by atoms with Gasteiger partial charge in [0.25, 0.3) is 0 Å². The summed E-state index contributed by atoms with van der Waals surface area (Å²) in [4.78, 5) is 13.7. The van der Waals surface area contributed by atoms with E-state index in [0.717, 1.165) is 12.8 Å². The van der Waals surface area contributed by atoms with Crippen LogP contribution in [-0.2, 0) is 18.4 Å². The standard InChI is InChI=1S/C23H25O4P/c1-4-13-23-19-16-11-7-5-9-14(16)18(15-10-6-8-12-17(15)19)20(23)21(22(23)24)28(25,26-2)27-3/h5-12,18-21H,4,13H2,1-3H3. The van der Waals surface area contributed by atoms with Crippen molar-refractivity contribution in [2.24, 2.45) is 11.3 Å². The zero-order chi connectivity index (χ0) is 19.7. The molecule has 4 nitrogen and oxygen atoms in total. The molecule has 2 bridgehead atoms. The molecule has 0 aromatic heterocycles. The molecule has 1 fully saturated rings. The summed E-state index contributed by atoms with van der Waals surface area (Å²) in [5, 5.41) is 0. The van der Waals surface area contributed by atoms with Crippen LogP contribution in [0.5, 0.6) is 0 Å². The van der Waals surface area contributed by atoms with E-state index in [0.29, 0.717) is 0 Å². The van der Waals surface area contributed by atoms with Crippen LogP contribution >= 0.6 is 7.60 Å². The van der Waals surface area contributed by atoms with Crippen molar-refractivity contribution >= 4 is 13.4 Å². The third-order valence-electron chi connectivity index (χ3n) is 7.33. The van der Waals surface area contributed by atoms with Gasteiger partial charge in [-0.3, -0.25) is 9.36 Å². The van der Waals surface area contributed by atoms with Crippen LogP contribution < -0.4 is 0 Å². The molecule has 0 heterocycles. The van der Waals surface area contributed by atoms with Crippen molar-refractivity contribution in [2.75, 3.05) is 14.2 Å². The number of ketones is 1. The smallest absolute Gasteiger partial charge is 0.311 e. The Morgan fingerprint density at radius 3 is 1.89 bits per heavy atom. The van der Waals surface area contributed by atoms with Gasteiger partial charge >= 0.3 is 7.60 Å². The van der Waals surface area contributed by atoms with E-state index >= 15 is 0 Å². The number of carbonyl (C=O) groups excluding carboxylic acids is 1. The molecule has 0 aliphatic heterocycles. The molecule has 0 saturated heterocycles. The molecular weight excluding hydrogens is 371 g/mol. The Bertz CT molecular complexity index is 960. The van der Waals surface area contributed by atoms with E-state index in [-0.39, 0.29) is 23.5 Å². The lowest BCUT2D eigenvalue weighted by Crippen LogP contribution is -2.69. The van der Waals surface area contributed by atoms with Crippen molar-refractivity contribution in [1.29, 1.82) is 0 Å². The highest BCUT2D eigenvalue weighted by Crippen LogP contribution is 2.78. The second-order valence-corrected chi connectivity index (χ2v) is 10.6. The topological polar surface area (TPSA) is 52.6 Å². The molecule has 0 amide bonds. The van der Waals surface area contributed by atoms with Gasteiger partial charge in [-0.1, -0.05) is 61.9 Å². The Labute approximate surface area is 165 Å². The molecule has 3 atom stereocenters. The van der Waals surface area contributed by atoms with Gasteiger partial charge in [-0.2, -0.15) is 0 Å². The second-order valence-electron chi connectivity index (χ2n) is 8.20. The van der Waals surface area contributed by atoms with Gasteiger partial charge in [0.05, 0.1) is 0 Å². The third-order valence-corrected chi connectivity index (χ3v) is 9.59. The van der Waals surface area contributed by atoms with Crippen molar-refractivity contribution in [1.82, 2.24) is 0 Å². The summed E-state index contributed by atoms with van der Waals surface area (Å²) in [6, 6.07) is 16.9. The van der Waals surface area contributed by atoms with Crippen LogP contribution in [0, 0.1) is 11.3 Å². The van der Waals surface area contributed by atoms with E-state index in [4.69, 9.17) is 9.05 Å². The molecule has 2 aromatic carbocycles. The molecule has 5 heteroatoms. The monoisotopic (exact) mass is 396 g/mol. The summed E-state index contributed by atoms with van der Waals surface area (Å²) in [5.41, 5.74) is 3.83. The molecule has 4 aliphatic rings. The highest BCUT2D eigenvalue weighted by Gasteiger charge is 2.76. The Hall–Kier alpha value is -1.74. The Morgan fingerprint density at radius 2 is 1.43 bits per heavy atom. The van der Waals surface area contributed by atoms with E-state index in [1.807, 2.05) is 0 Å². The Balaban J connectivity index is 1.81. The first-order valence-electron chi connectivity index (χ1n) is 9.98. The predicted octanol–water partition coefficient (Wildman–Crippen LogP) is 5.12. The van der Waals surface area contributed by atoms with E-state index in [9.17, 15) is 9.36 Å². The average molecular weight is 396 g/mol. The quantitative estimate of drug-likeness (QED) is 0.659. The lowest BCUT2D eigenvalue weighted by atomic mass is 9.38. The van der Waals surface area contributed by atoms with E-state index < -0.39 is 18.7 Å². The van der Waals surface area contributed by atoms with Gasteiger partial charge < -0.3 is 9.05 Å². The number of hydrogen-bond donors (Lipinski definition) is 0. The van der Waals surface area contributed by atoms with Crippen LogP contribution in [0.2, 0.25) is 0 Å². The fourth-order valence-electron chi connectivity index (χ4n) is 6.48. The minimum Gasteiger partial charge on any atom is -0.311 e. The lowest BCUT2D eigenvalue weighted by Gasteiger charge is -2.66. The predicted molar refractivity (Wildman–Crippen MR) is 108 cm³/mol. The largest absolute Gasteiger partial charge is 0.340 e. The molecule has 1 saturated carbocycles. The van der Waals surface area contributed by atoms with Crippen LogP contribution in [0.3, 0.4) is 0 Å². The number of Topliss-reactive ketones (excluding diaryl/α,β-unsaturated/α-hetero) is 1. The Morgan fingerprint density at radius 1 is 0.929 bits per heavy atom. The molecule has 0 spiro atoms. The lowest BCUT2D eigenvalue weighted by molar-refractivity contribution is -0.152. The molecule has 146 valence electrons.